The van der Waals surface area contributed by atoms with Crippen LogP contribution in [0.1, 0.15) is 59.9 Å². The second kappa shape index (κ2) is 7.85. The Morgan fingerprint density at radius 2 is 2.00 bits per heavy atom. The number of pyridine rings is 1. The first-order valence-electron chi connectivity index (χ1n) is 10.3. The van der Waals surface area contributed by atoms with Gasteiger partial charge in [0, 0.05) is 25.2 Å². The molecule has 0 spiro atoms. The Morgan fingerprint density at radius 1 is 1.28 bits per heavy atom. The molecule has 2 aromatic heterocycles. The van der Waals surface area contributed by atoms with E-state index in [9.17, 15) is 4.79 Å². The summed E-state index contributed by atoms with van der Waals surface area (Å²) >= 11 is 0. The van der Waals surface area contributed by atoms with Gasteiger partial charge in [0.25, 0.3) is 5.91 Å². The van der Waals surface area contributed by atoms with Crippen molar-refractivity contribution in [2.75, 3.05) is 6.61 Å². The number of fused-ring (bicyclic) bond motifs is 1. The Morgan fingerprint density at radius 3 is 2.66 bits per heavy atom. The fourth-order valence-electron chi connectivity index (χ4n) is 3.48. The van der Waals surface area contributed by atoms with E-state index in [1.54, 1.807) is 4.68 Å². The highest BCUT2D eigenvalue weighted by atomic mass is 16.5. The topological polar surface area (TPSA) is 69.0 Å². The molecular weight excluding hydrogens is 364 g/mol. The molecule has 1 amide bonds. The molecule has 0 saturated heterocycles. The predicted molar refractivity (Wildman–Crippen MR) is 113 cm³/mol. The summed E-state index contributed by atoms with van der Waals surface area (Å²) in [4.78, 5) is 17.8. The number of aromatic nitrogens is 3. The number of hydrogen-bond acceptors (Lipinski definition) is 4. The summed E-state index contributed by atoms with van der Waals surface area (Å²) < 4.78 is 7.49. The molecule has 0 aliphatic heterocycles. The molecule has 1 aliphatic carbocycles. The van der Waals surface area contributed by atoms with E-state index in [1.165, 1.54) is 0 Å². The molecule has 1 fully saturated rings. The Labute approximate surface area is 171 Å². The fraction of sp³-hybridized carbons (Fsp3) is 0.435. The zero-order chi connectivity index (χ0) is 20.5. The molecule has 0 atom stereocenters. The number of nitrogens with one attached hydrogen (secondary N) is 1. The van der Waals surface area contributed by atoms with E-state index in [-0.39, 0.29) is 5.91 Å². The van der Waals surface area contributed by atoms with Crippen LogP contribution in [-0.4, -0.2) is 27.3 Å². The molecule has 1 aromatic carbocycles. The third-order valence-electron chi connectivity index (χ3n) is 5.19. The molecule has 29 heavy (non-hydrogen) atoms. The van der Waals surface area contributed by atoms with E-state index >= 15 is 0 Å². The minimum atomic E-state index is -0.0875. The number of ether oxygens (including phenoxy) is 1. The van der Waals surface area contributed by atoms with Crippen LogP contribution in [0.15, 0.2) is 30.3 Å². The lowest BCUT2D eigenvalue weighted by molar-refractivity contribution is 0.0952. The first-order chi connectivity index (χ1) is 13.9. The SMILES string of the molecule is Cc1nn(C)c2nc(C3CC3)cc(C(=O)NCc3ccc(OCC(C)C)cc3)c12. The van der Waals surface area contributed by atoms with Gasteiger partial charge in [0.15, 0.2) is 5.65 Å². The minimum absolute atomic E-state index is 0.0875. The van der Waals surface area contributed by atoms with Crippen molar-refractivity contribution >= 4 is 16.9 Å². The normalized spacial score (nSPS) is 13.8. The maximum Gasteiger partial charge on any atom is 0.252 e. The molecule has 4 rings (SSSR count). The molecule has 1 saturated carbocycles. The number of carbonyl (C=O) groups is 1. The maximum atomic E-state index is 13.0. The van der Waals surface area contributed by atoms with Crippen LogP contribution in [0.5, 0.6) is 5.75 Å². The molecule has 0 unspecified atom stereocenters. The lowest BCUT2D eigenvalue weighted by atomic mass is 10.1. The third kappa shape index (κ3) is 4.26. The number of carbonyl (C=O) groups excluding carboxylic acids is 1. The first-order valence-corrected chi connectivity index (χ1v) is 10.3. The van der Waals surface area contributed by atoms with Crippen molar-refractivity contribution in [3.05, 3.63) is 52.8 Å². The molecule has 6 nitrogen and oxygen atoms in total. The van der Waals surface area contributed by atoms with Crippen LogP contribution in [0.2, 0.25) is 0 Å². The van der Waals surface area contributed by atoms with Gasteiger partial charge >= 0.3 is 0 Å². The summed E-state index contributed by atoms with van der Waals surface area (Å²) in [6.07, 6.45) is 2.28. The van der Waals surface area contributed by atoms with Crippen molar-refractivity contribution in [2.45, 2.75) is 46.1 Å². The smallest absolute Gasteiger partial charge is 0.252 e. The van der Waals surface area contributed by atoms with Gasteiger partial charge in [-0.2, -0.15) is 5.10 Å². The molecule has 1 aliphatic rings. The molecule has 3 aromatic rings. The largest absolute Gasteiger partial charge is 0.493 e. The molecule has 0 bridgehead atoms. The van der Waals surface area contributed by atoms with Gasteiger partial charge in [-0.05, 0) is 49.4 Å². The number of aryl methyl sites for hydroxylation is 2. The quantitative estimate of drug-likeness (QED) is 0.657. The summed E-state index contributed by atoms with van der Waals surface area (Å²) in [5.41, 5.74) is 4.31. The van der Waals surface area contributed by atoms with E-state index in [4.69, 9.17) is 9.72 Å². The predicted octanol–water partition coefficient (Wildman–Crippen LogP) is 4.12. The number of hydrogen-bond donors (Lipinski definition) is 1. The zero-order valence-electron chi connectivity index (χ0n) is 17.5. The zero-order valence-corrected chi connectivity index (χ0v) is 17.5. The molecule has 6 heteroatoms. The van der Waals surface area contributed by atoms with E-state index in [2.05, 4.69) is 24.3 Å². The van der Waals surface area contributed by atoms with E-state index in [0.29, 0.717) is 30.6 Å². The van der Waals surface area contributed by atoms with Crippen LogP contribution in [-0.2, 0) is 13.6 Å². The summed E-state index contributed by atoms with van der Waals surface area (Å²) in [7, 11) is 1.88. The molecule has 0 radical (unpaired) electrons. The lowest BCUT2D eigenvalue weighted by Crippen LogP contribution is -2.23. The van der Waals surface area contributed by atoms with E-state index in [0.717, 1.165) is 46.6 Å². The minimum Gasteiger partial charge on any atom is -0.493 e. The molecule has 152 valence electrons. The van der Waals surface area contributed by atoms with Gasteiger partial charge in [-0.25, -0.2) is 4.98 Å². The van der Waals surface area contributed by atoms with Crippen molar-refractivity contribution in [2.24, 2.45) is 13.0 Å². The van der Waals surface area contributed by atoms with E-state index in [1.807, 2.05) is 44.3 Å². The summed E-state index contributed by atoms with van der Waals surface area (Å²) in [5, 5.41) is 8.37. The van der Waals surface area contributed by atoms with Crippen molar-refractivity contribution in [3.8, 4) is 5.75 Å². The highest BCUT2D eigenvalue weighted by Gasteiger charge is 2.28. The second-order valence-electron chi connectivity index (χ2n) is 8.31. The van der Waals surface area contributed by atoms with Gasteiger partial charge in [-0.1, -0.05) is 26.0 Å². The van der Waals surface area contributed by atoms with Gasteiger partial charge in [-0.15, -0.1) is 0 Å². The average Bonchev–Trinajstić information content (AvgIpc) is 3.51. The Kier molecular flexibility index (Phi) is 5.26. The molecule has 1 N–H and O–H groups in total. The van der Waals surface area contributed by atoms with E-state index < -0.39 is 0 Å². The van der Waals surface area contributed by atoms with Gasteiger partial charge < -0.3 is 10.1 Å². The Balaban J connectivity index is 1.50. The van der Waals surface area contributed by atoms with Crippen LogP contribution in [0.4, 0.5) is 0 Å². The van der Waals surface area contributed by atoms with Crippen molar-refractivity contribution < 1.29 is 9.53 Å². The van der Waals surface area contributed by atoms with Crippen LogP contribution < -0.4 is 10.1 Å². The summed E-state index contributed by atoms with van der Waals surface area (Å²) in [5.74, 6) is 1.72. The maximum absolute atomic E-state index is 13.0. The highest BCUT2D eigenvalue weighted by Crippen LogP contribution is 2.40. The van der Waals surface area contributed by atoms with Crippen molar-refractivity contribution in [1.29, 1.82) is 0 Å². The number of nitrogens with zero attached hydrogens (tertiary/aromatic N) is 3. The monoisotopic (exact) mass is 392 g/mol. The summed E-state index contributed by atoms with van der Waals surface area (Å²) in [6.45, 7) is 7.33. The van der Waals surface area contributed by atoms with Gasteiger partial charge in [0.05, 0.1) is 23.3 Å². The van der Waals surface area contributed by atoms with Crippen LogP contribution in [0, 0.1) is 12.8 Å². The average molecular weight is 393 g/mol. The highest BCUT2D eigenvalue weighted by molar-refractivity contribution is 6.06. The van der Waals surface area contributed by atoms with Gasteiger partial charge in [-0.3, -0.25) is 9.48 Å². The van der Waals surface area contributed by atoms with Crippen LogP contribution in [0.3, 0.4) is 0 Å². The molecule has 2 heterocycles. The number of amides is 1. The van der Waals surface area contributed by atoms with Crippen molar-refractivity contribution in [1.82, 2.24) is 20.1 Å². The van der Waals surface area contributed by atoms with Crippen LogP contribution >= 0.6 is 0 Å². The van der Waals surface area contributed by atoms with Gasteiger partial charge in [0.2, 0.25) is 0 Å². The molecular formula is C23H28N4O2. The van der Waals surface area contributed by atoms with Crippen LogP contribution in [0.25, 0.3) is 11.0 Å². The summed E-state index contributed by atoms with van der Waals surface area (Å²) in [6, 6.07) is 9.83. The Hall–Kier alpha value is -2.89. The lowest BCUT2D eigenvalue weighted by Gasteiger charge is -2.11. The van der Waals surface area contributed by atoms with Crippen molar-refractivity contribution in [3.63, 3.8) is 0 Å². The third-order valence-corrected chi connectivity index (χ3v) is 5.19. The fourth-order valence-corrected chi connectivity index (χ4v) is 3.48. The second-order valence-corrected chi connectivity index (χ2v) is 8.31. The Bertz CT molecular complexity index is 1030. The standard InChI is InChI=1S/C23H28N4O2/c1-14(2)13-29-18-9-5-16(6-10-18)12-24-23(28)19-11-20(17-7-8-17)25-22-21(19)15(3)26-27(22)4/h5-6,9-11,14,17H,7-8,12-13H2,1-4H3,(H,24,28). The number of rotatable bonds is 7. The first kappa shape index (κ1) is 19.4. The van der Waals surface area contributed by atoms with Gasteiger partial charge in [0.1, 0.15) is 5.75 Å². The number of benzene rings is 1.